The molecule has 0 amide bonds. The molecule has 0 aromatic heterocycles. The van der Waals surface area contributed by atoms with Crippen LogP contribution in [0.25, 0.3) is 0 Å². The zero-order chi connectivity index (χ0) is 13.9. The Morgan fingerprint density at radius 3 is 1.94 bits per heavy atom. The Balaban J connectivity index is 4.10. The van der Waals surface area contributed by atoms with E-state index < -0.39 is 6.17 Å². The fourth-order valence-electron chi connectivity index (χ4n) is 1.97. The van der Waals surface area contributed by atoms with Crippen LogP contribution in [0.15, 0.2) is 9.98 Å². The van der Waals surface area contributed by atoms with E-state index in [0.29, 0.717) is 0 Å². The molecular formula is C14H24N2O2. The summed E-state index contributed by atoms with van der Waals surface area (Å²) >= 11 is 0. The van der Waals surface area contributed by atoms with Crippen LogP contribution >= 0.6 is 0 Å². The van der Waals surface area contributed by atoms with E-state index in [1.54, 1.807) is 0 Å². The van der Waals surface area contributed by atoms with Crippen LogP contribution in [0.5, 0.6) is 0 Å². The van der Waals surface area contributed by atoms with Gasteiger partial charge in [-0.1, -0.05) is 59.3 Å². The van der Waals surface area contributed by atoms with Gasteiger partial charge in [0, 0.05) is 5.41 Å². The van der Waals surface area contributed by atoms with Crippen molar-refractivity contribution in [1.29, 1.82) is 0 Å². The Kier molecular flexibility index (Phi) is 9.08. The standard InChI is InChI=1S/C14H24N2O2/c1-4-5-6-7-8-9-10-14(2,3)13(15-11-17)16-12-18/h13H,4-10H2,1-3H3. The van der Waals surface area contributed by atoms with Crippen LogP contribution < -0.4 is 0 Å². The third-order valence-corrected chi connectivity index (χ3v) is 3.22. The van der Waals surface area contributed by atoms with Crippen LogP contribution in [0.4, 0.5) is 0 Å². The molecule has 0 unspecified atom stereocenters. The molecule has 102 valence electrons. The van der Waals surface area contributed by atoms with Crippen molar-refractivity contribution in [2.75, 3.05) is 0 Å². The van der Waals surface area contributed by atoms with Gasteiger partial charge in [0.05, 0.1) is 0 Å². The Morgan fingerprint density at radius 2 is 1.44 bits per heavy atom. The van der Waals surface area contributed by atoms with E-state index in [0.717, 1.165) is 12.8 Å². The van der Waals surface area contributed by atoms with Gasteiger partial charge in [-0.3, -0.25) is 0 Å². The van der Waals surface area contributed by atoms with Crippen molar-refractivity contribution in [3.63, 3.8) is 0 Å². The molecule has 0 bridgehead atoms. The van der Waals surface area contributed by atoms with Gasteiger partial charge >= 0.3 is 0 Å². The van der Waals surface area contributed by atoms with Crippen LogP contribution in [-0.4, -0.2) is 18.3 Å². The van der Waals surface area contributed by atoms with Crippen molar-refractivity contribution in [2.24, 2.45) is 15.4 Å². The lowest BCUT2D eigenvalue weighted by Crippen LogP contribution is -2.26. The maximum absolute atomic E-state index is 10.3. The minimum Gasteiger partial charge on any atom is -0.211 e. The number of unbranched alkanes of at least 4 members (excludes halogenated alkanes) is 5. The van der Waals surface area contributed by atoms with Crippen LogP contribution in [0.1, 0.15) is 65.7 Å². The van der Waals surface area contributed by atoms with Crippen molar-refractivity contribution >= 4 is 12.2 Å². The molecule has 0 aliphatic heterocycles. The Labute approximate surface area is 110 Å². The van der Waals surface area contributed by atoms with E-state index in [-0.39, 0.29) is 5.41 Å². The minimum atomic E-state index is -0.650. The summed E-state index contributed by atoms with van der Waals surface area (Å²) in [7, 11) is 0. The molecule has 0 radical (unpaired) electrons. The van der Waals surface area contributed by atoms with Crippen LogP contribution in [0.3, 0.4) is 0 Å². The quantitative estimate of drug-likeness (QED) is 0.337. The number of rotatable bonds is 10. The molecule has 0 aliphatic carbocycles. The van der Waals surface area contributed by atoms with Crippen LogP contribution in [0.2, 0.25) is 0 Å². The lowest BCUT2D eigenvalue weighted by Gasteiger charge is -2.26. The third-order valence-electron chi connectivity index (χ3n) is 3.22. The number of aliphatic imine (C=N–C) groups is 2. The highest BCUT2D eigenvalue weighted by Crippen LogP contribution is 2.30. The lowest BCUT2D eigenvalue weighted by molar-refractivity contribution is 0.259. The zero-order valence-corrected chi connectivity index (χ0v) is 11.7. The SMILES string of the molecule is CCCCCCCCC(C)(C)C(N=C=O)N=C=O. The fourth-order valence-corrected chi connectivity index (χ4v) is 1.97. The van der Waals surface area contributed by atoms with E-state index >= 15 is 0 Å². The largest absolute Gasteiger partial charge is 0.237 e. The maximum atomic E-state index is 10.3. The molecular weight excluding hydrogens is 228 g/mol. The first-order valence-electron chi connectivity index (χ1n) is 6.72. The molecule has 0 aromatic carbocycles. The number of hydrogen-bond acceptors (Lipinski definition) is 4. The van der Waals surface area contributed by atoms with Crippen molar-refractivity contribution < 1.29 is 9.59 Å². The second-order valence-electron chi connectivity index (χ2n) is 5.32. The topological polar surface area (TPSA) is 58.9 Å². The van der Waals surface area contributed by atoms with E-state index in [1.807, 2.05) is 13.8 Å². The van der Waals surface area contributed by atoms with Crippen LogP contribution in [0, 0.1) is 5.41 Å². The summed E-state index contributed by atoms with van der Waals surface area (Å²) in [5.74, 6) is 0. The molecule has 4 nitrogen and oxygen atoms in total. The molecule has 0 saturated carbocycles. The predicted molar refractivity (Wildman–Crippen MR) is 71.8 cm³/mol. The molecule has 0 spiro atoms. The maximum Gasteiger partial charge on any atom is 0.237 e. The fraction of sp³-hybridized carbons (Fsp3) is 0.857. The van der Waals surface area contributed by atoms with Crippen molar-refractivity contribution in [3.8, 4) is 0 Å². The summed E-state index contributed by atoms with van der Waals surface area (Å²) < 4.78 is 0. The second-order valence-corrected chi connectivity index (χ2v) is 5.32. The summed E-state index contributed by atoms with van der Waals surface area (Å²) in [5.41, 5.74) is -0.292. The zero-order valence-electron chi connectivity index (χ0n) is 11.7. The first kappa shape index (κ1) is 16.8. The summed E-state index contributed by atoms with van der Waals surface area (Å²) in [6, 6.07) is 0. The predicted octanol–water partition coefficient (Wildman–Crippen LogP) is 3.76. The van der Waals surface area contributed by atoms with Gasteiger partial charge < -0.3 is 0 Å². The molecule has 0 rings (SSSR count). The van der Waals surface area contributed by atoms with Crippen molar-refractivity contribution in [1.82, 2.24) is 0 Å². The van der Waals surface area contributed by atoms with Gasteiger partial charge in [0.25, 0.3) is 0 Å². The average Bonchev–Trinajstić information content (AvgIpc) is 2.33. The van der Waals surface area contributed by atoms with Gasteiger partial charge in [0.2, 0.25) is 12.2 Å². The molecule has 0 atom stereocenters. The highest BCUT2D eigenvalue weighted by molar-refractivity contribution is 5.37. The summed E-state index contributed by atoms with van der Waals surface area (Å²) in [6.45, 7) is 6.12. The van der Waals surface area contributed by atoms with E-state index in [9.17, 15) is 9.59 Å². The van der Waals surface area contributed by atoms with E-state index in [4.69, 9.17) is 0 Å². The average molecular weight is 252 g/mol. The van der Waals surface area contributed by atoms with E-state index in [2.05, 4.69) is 16.9 Å². The Bertz CT molecular complexity index is 296. The van der Waals surface area contributed by atoms with Gasteiger partial charge in [0.1, 0.15) is 0 Å². The lowest BCUT2D eigenvalue weighted by atomic mass is 9.84. The smallest absolute Gasteiger partial charge is 0.211 e. The molecule has 0 saturated heterocycles. The van der Waals surface area contributed by atoms with Gasteiger partial charge in [0.15, 0.2) is 6.17 Å². The Hall–Kier alpha value is -1.24. The monoisotopic (exact) mass is 252 g/mol. The van der Waals surface area contributed by atoms with Crippen molar-refractivity contribution in [3.05, 3.63) is 0 Å². The van der Waals surface area contributed by atoms with Crippen LogP contribution in [-0.2, 0) is 9.59 Å². The summed E-state index contributed by atoms with van der Waals surface area (Å²) in [6.07, 6.45) is 10.5. The van der Waals surface area contributed by atoms with Gasteiger partial charge in [-0.15, -0.1) is 0 Å². The summed E-state index contributed by atoms with van der Waals surface area (Å²) in [4.78, 5) is 27.8. The molecule has 0 aromatic rings. The highest BCUT2D eigenvalue weighted by atomic mass is 16.1. The van der Waals surface area contributed by atoms with Gasteiger partial charge in [-0.2, -0.15) is 9.98 Å². The normalized spacial score (nSPS) is 12.4. The van der Waals surface area contributed by atoms with Gasteiger partial charge in [-0.05, 0) is 6.42 Å². The molecule has 4 heteroatoms. The Morgan fingerprint density at radius 1 is 0.944 bits per heavy atom. The molecule has 0 fully saturated rings. The molecule has 18 heavy (non-hydrogen) atoms. The number of carbonyl (C=O) groups excluding carboxylic acids is 2. The minimum absolute atomic E-state index is 0.292. The first-order chi connectivity index (χ1) is 8.58. The van der Waals surface area contributed by atoms with Gasteiger partial charge in [-0.25, -0.2) is 9.59 Å². The number of nitrogens with zero attached hydrogens (tertiary/aromatic N) is 2. The number of isocyanates is 2. The molecule has 0 aliphatic rings. The number of hydrogen-bond donors (Lipinski definition) is 0. The third kappa shape index (κ3) is 7.16. The summed E-state index contributed by atoms with van der Waals surface area (Å²) in [5, 5.41) is 0. The molecule has 0 N–H and O–H groups in total. The van der Waals surface area contributed by atoms with E-state index in [1.165, 1.54) is 44.3 Å². The molecule has 0 heterocycles. The second kappa shape index (κ2) is 9.76. The first-order valence-corrected chi connectivity index (χ1v) is 6.72. The van der Waals surface area contributed by atoms with Crippen molar-refractivity contribution in [2.45, 2.75) is 71.9 Å². The highest BCUT2D eigenvalue weighted by Gasteiger charge is 2.28.